The predicted molar refractivity (Wildman–Crippen MR) is 94.2 cm³/mol. The Morgan fingerprint density at radius 2 is 1.91 bits per heavy atom. The largest absolute Gasteiger partial charge is 0.351 e. The van der Waals surface area contributed by atoms with Crippen LogP contribution in [0.4, 0.5) is 5.69 Å². The van der Waals surface area contributed by atoms with Crippen LogP contribution in [0.15, 0.2) is 41.8 Å². The van der Waals surface area contributed by atoms with Gasteiger partial charge in [0.25, 0.3) is 11.8 Å². The summed E-state index contributed by atoms with van der Waals surface area (Å²) in [5, 5.41) is 10.7. The second-order valence-electron chi connectivity index (χ2n) is 5.02. The molecule has 122 valence electrons. The highest BCUT2D eigenvalue weighted by Crippen LogP contribution is 2.14. The Hall–Kier alpha value is -2.18. The molecule has 5 nitrogen and oxygen atoms in total. The van der Waals surface area contributed by atoms with Gasteiger partial charge in [0.1, 0.15) is 0 Å². The fraction of sp³-hybridized carbons (Fsp3) is 0.294. The van der Waals surface area contributed by atoms with E-state index in [0.29, 0.717) is 22.7 Å². The fourth-order valence-corrected chi connectivity index (χ4v) is 2.63. The van der Waals surface area contributed by atoms with E-state index in [1.165, 1.54) is 11.3 Å². The Bertz CT molecular complexity index is 641. The molecule has 0 spiro atoms. The van der Waals surface area contributed by atoms with E-state index in [-0.39, 0.29) is 11.8 Å². The molecule has 6 heteroatoms. The standard InChI is InChI=1S/C17H21N3O2S/c1-2-8-18-9-10-19-16(21)13-5-3-6-14(12-13)20-17(22)15-7-4-11-23-15/h3-7,11-12,18H,2,8-10H2,1H3,(H,19,21)(H,20,22). The van der Waals surface area contributed by atoms with Crippen LogP contribution >= 0.6 is 11.3 Å². The van der Waals surface area contributed by atoms with Gasteiger partial charge < -0.3 is 16.0 Å². The van der Waals surface area contributed by atoms with Gasteiger partial charge in [0.15, 0.2) is 0 Å². The number of rotatable bonds is 8. The highest BCUT2D eigenvalue weighted by Gasteiger charge is 2.09. The third kappa shape index (κ3) is 5.50. The Kier molecular flexibility index (Phi) is 6.77. The lowest BCUT2D eigenvalue weighted by molar-refractivity contribution is 0.0952. The number of hydrogen-bond donors (Lipinski definition) is 3. The molecule has 0 bridgehead atoms. The normalized spacial score (nSPS) is 10.3. The predicted octanol–water partition coefficient (Wildman–Crippen LogP) is 2.73. The summed E-state index contributed by atoms with van der Waals surface area (Å²) in [6, 6.07) is 10.5. The molecule has 3 N–H and O–H groups in total. The smallest absolute Gasteiger partial charge is 0.265 e. The lowest BCUT2D eigenvalue weighted by Crippen LogP contribution is -2.32. The van der Waals surface area contributed by atoms with Gasteiger partial charge in [-0.15, -0.1) is 11.3 Å². The Balaban J connectivity index is 1.88. The highest BCUT2D eigenvalue weighted by molar-refractivity contribution is 7.12. The summed E-state index contributed by atoms with van der Waals surface area (Å²) in [7, 11) is 0. The monoisotopic (exact) mass is 331 g/mol. The second-order valence-corrected chi connectivity index (χ2v) is 5.97. The number of carbonyl (C=O) groups is 2. The van der Waals surface area contributed by atoms with Crippen molar-refractivity contribution in [3.05, 3.63) is 52.2 Å². The van der Waals surface area contributed by atoms with E-state index < -0.39 is 0 Å². The van der Waals surface area contributed by atoms with E-state index in [2.05, 4.69) is 22.9 Å². The van der Waals surface area contributed by atoms with Gasteiger partial charge in [-0.1, -0.05) is 19.1 Å². The summed E-state index contributed by atoms with van der Waals surface area (Å²) < 4.78 is 0. The van der Waals surface area contributed by atoms with E-state index in [0.717, 1.165) is 19.5 Å². The van der Waals surface area contributed by atoms with Crippen molar-refractivity contribution in [1.29, 1.82) is 0 Å². The first kappa shape index (κ1) is 17.2. The van der Waals surface area contributed by atoms with Crippen LogP contribution in [0, 0.1) is 0 Å². The van der Waals surface area contributed by atoms with Gasteiger partial charge in [0.05, 0.1) is 4.88 Å². The van der Waals surface area contributed by atoms with Crippen LogP contribution in [0.5, 0.6) is 0 Å². The molecule has 0 atom stereocenters. The van der Waals surface area contributed by atoms with Crippen molar-refractivity contribution in [3.8, 4) is 0 Å². The minimum Gasteiger partial charge on any atom is -0.351 e. The first-order valence-corrected chi connectivity index (χ1v) is 8.52. The fourth-order valence-electron chi connectivity index (χ4n) is 2.01. The molecular formula is C17H21N3O2S. The van der Waals surface area contributed by atoms with Crippen molar-refractivity contribution in [2.24, 2.45) is 0 Å². The van der Waals surface area contributed by atoms with Crippen LogP contribution in [0.25, 0.3) is 0 Å². The summed E-state index contributed by atoms with van der Waals surface area (Å²) in [5.41, 5.74) is 1.14. The molecule has 0 aliphatic rings. The third-order valence-electron chi connectivity index (χ3n) is 3.14. The minimum absolute atomic E-state index is 0.143. The first-order chi connectivity index (χ1) is 11.2. The molecule has 1 aromatic carbocycles. The Morgan fingerprint density at radius 3 is 2.65 bits per heavy atom. The van der Waals surface area contributed by atoms with Crippen molar-refractivity contribution in [2.75, 3.05) is 25.0 Å². The molecule has 1 aromatic heterocycles. The summed E-state index contributed by atoms with van der Waals surface area (Å²) >= 11 is 1.38. The lowest BCUT2D eigenvalue weighted by Gasteiger charge is -2.08. The second kappa shape index (κ2) is 9.07. The van der Waals surface area contributed by atoms with Crippen molar-refractivity contribution in [1.82, 2.24) is 10.6 Å². The number of thiophene rings is 1. The maximum absolute atomic E-state index is 12.1. The van der Waals surface area contributed by atoms with E-state index in [9.17, 15) is 9.59 Å². The third-order valence-corrected chi connectivity index (χ3v) is 4.01. The molecule has 2 aromatic rings. The van der Waals surface area contributed by atoms with Crippen LogP contribution in [-0.4, -0.2) is 31.4 Å². The van der Waals surface area contributed by atoms with Crippen LogP contribution in [0.2, 0.25) is 0 Å². The maximum Gasteiger partial charge on any atom is 0.265 e. The van der Waals surface area contributed by atoms with Crippen molar-refractivity contribution in [2.45, 2.75) is 13.3 Å². The van der Waals surface area contributed by atoms with Gasteiger partial charge in [-0.25, -0.2) is 0 Å². The number of carbonyl (C=O) groups excluding carboxylic acids is 2. The molecule has 0 aliphatic carbocycles. The number of benzene rings is 1. The zero-order valence-electron chi connectivity index (χ0n) is 13.1. The summed E-state index contributed by atoms with van der Waals surface area (Å²) in [6.45, 7) is 4.36. The molecule has 0 radical (unpaired) electrons. The zero-order chi connectivity index (χ0) is 16.5. The molecule has 1 heterocycles. The van der Waals surface area contributed by atoms with Crippen molar-refractivity contribution < 1.29 is 9.59 Å². The SMILES string of the molecule is CCCNCCNC(=O)c1cccc(NC(=O)c2cccs2)c1. The number of nitrogens with one attached hydrogen (secondary N) is 3. The molecule has 0 saturated heterocycles. The average molecular weight is 331 g/mol. The molecular weight excluding hydrogens is 310 g/mol. The summed E-state index contributed by atoms with van der Waals surface area (Å²) in [4.78, 5) is 24.8. The van der Waals surface area contributed by atoms with Gasteiger partial charge in [-0.2, -0.15) is 0 Å². The Labute approximate surface area is 140 Å². The lowest BCUT2D eigenvalue weighted by atomic mass is 10.2. The molecule has 2 rings (SSSR count). The van der Waals surface area contributed by atoms with Crippen LogP contribution in [0.1, 0.15) is 33.4 Å². The first-order valence-electron chi connectivity index (χ1n) is 7.64. The molecule has 0 unspecified atom stereocenters. The number of amides is 2. The van der Waals surface area contributed by atoms with Gasteiger partial charge in [-0.3, -0.25) is 9.59 Å². The van der Waals surface area contributed by atoms with Gasteiger partial charge in [0.2, 0.25) is 0 Å². The highest BCUT2D eigenvalue weighted by atomic mass is 32.1. The van der Waals surface area contributed by atoms with Crippen LogP contribution in [-0.2, 0) is 0 Å². The molecule has 0 aliphatic heterocycles. The molecule has 0 saturated carbocycles. The van der Waals surface area contributed by atoms with E-state index >= 15 is 0 Å². The van der Waals surface area contributed by atoms with Crippen molar-refractivity contribution in [3.63, 3.8) is 0 Å². The average Bonchev–Trinajstić information content (AvgIpc) is 3.09. The van der Waals surface area contributed by atoms with E-state index in [1.807, 2.05) is 11.4 Å². The molecule has 2 amide bonds. The zero-order valence-corrected chi connectivity index (χ0v) is 13.9. The summed E-state index contributed by atoms with van der Waals surface area (Å²) in [6.07, 6.45) is 1.07. The number of anilines is 1. The minimum atomic E-state index is -0.165. The molecule has 23 heavy (non-hydrogen) atoms. The van der Waals surface area contributed by atoms with Gasteiger partial charge in [0, 0.05) is 24.3 Å². The van der Waals surface area contributed by atoms with Crippen LogP contribution in [0.3, 0.4) is 0 Å². The number of hydrogen-bond acceptors (Lipinski definition) is 4. The summed E-state index contributed by atoms with van der Waals surface area (Å²) in [5.74, 6) is -0.308. The molecule has 0 fully saturated rings. The van der Waals surface area contributed by atoms with Crippen LogP contribution < -0.4 is 16.0 Å². The van der Waals surface area contributed by atoms with Crippen molar-refractivity contribution >= 4 is 28.8 Å². The van der Waals surface area contributed by atoms with E-state index in [1.54, 1.807) is 30.3 Å². The quantitative estimate of drug-likeness (QED) is 0.651. The van der Waals surface area contributed by atoms with Gasteiger partial charge >= 0.3 is 0 Å². The van der Waals surface area contributed by atoms with Gasteiger partial charge in [-0.05, 0) is 42.6 Å². The van der Waals surface area contributed by atoms with E-state index in [4.69, 9.17) is 0 Å². The maximum atomic E-state index is 12.1. The topological polar surface area (TPSA) is 70.2 Å². The Morgan fingerprint density at radius 1 is 1.04 bits per heavy atom.